The quantitative estimate of drug-likeness (QED) is 0.300. The van der Waals surface area contributed by atoms with Gasteiger partial charge in [-0.2, -0.15) is 0 Å². The van der Waals surface area contributed by atoms with Crippen LogP contribution in [-0.4, -0.2) is 19.1 Å². The Morgan fingerprint density at radius 2 is 1.93 bits per heavy atom. The molecule has 0 bridgehead atoms. The van der Waals surface area contributed by atoms with E-state index in [1.165, 1.54) is 11.9 Å². The van der Waals surface area contributed by atoms with Crippen molar-refractivity contribution < 1.29 is 13.6 Å². The molecule has 0 aromatic rings. The fourth-order valence-corrected chi connectivity index (χ4v) is 2.38. The number of allylic oxidation sites excluding steroid dienone is 2. The summed E-state index contributed by atoms with van der Waals surface area (Å²) in [4.78, 5) is 0. The highest BCUT2D eigenvalue weighted by Crippen LogP contribution is 2.50. The van der Waals surface area contributed by atoms with E-state index in [9.17, 15) is 4.57 Å². The van der Waals surface area contributed by atoms with Crippen LogP contribution in [0.15, 0.2) is 17.5 Å². The van der Waals surface area contributed by atoms with Crippen LogP contribution in [0.1, 0.15) is 20.8 Å². The van der Waals surface area contributed by atoms with Crippen LogP contribution in [0.3, 0.4) is 0 Å². The second-order valence-electron chi connectivity index (χ2n) is 2.52. The van der Waals surface area contributed by atoms with Gasteiger partial charge in [0.25, 0.3) is 0 Å². The first-order valence-electron chi connectivity index (χ1n) is 4.39. The van der Waals surface area contributed by atoms with E-state index in [1.54, 1.807) is 20.8 Å². The lowest BCUT2D eigenvalue weighted by atomic mass is 10.9. The lowest BCUT2D eigenvalue weighted by molar-refractivity contribution is 0.229. The highest BCUT2D eigenvalue weighted by molar-refractivity contribution is 7.57. The first-order chi connectivity index (χ1) is 6.58. The van der Waals surface area contributed by atoms with Crippen LogP contribution in [0.2, 0.25) is 0 Å². The van der Waals surface area contributed by atoms with Crippen LogP contribution < -0.4 is 0 Å². The summed E-state index contributed by atoms with van der Waals surface area (Å²) in [6.07, 6.45) is 1.30. The zero-order chi connectivity index (χ0) is 11.0. The van der Waals surface area contributed by atoms with Crippen molar-refractivity contribution in [3.05, 3.63) is 22.9 Å². The van der Waals surface area contributed by atoms with Gasteiger partial charge in [-0.15, -0.1) is 0 Å². The average Bonchev–Trinajstić information content (AvgIpc) is 2.04. The molecule has 14 heavy (non-hydrogen) atoms. The molecule has 0 saturated heterocycles. The Kier molecular flexibility index (Phi) is 6.43. The third-order valence-electron chi connectivity index (χ3n) is 1.27. The minimum absolute atomic E-state index is 0.313. The van der Waals surface area contributed by atoms with Gasteiger partial charge < -0.3 is 14.5 Å². The maximum absolute atomic E-state index is 11.8. The van der Waals surface area contributed by atoms with Gasteiger partial charge in [0.2, 0.25) is 0 Å². The maximum Gasteiger partial charge on any atom is 0.354 e. The molecule has 0 aliphatic rings. The maximum atomic E-state index is 11.8. The van der Waals surface area contributed by atoms with Gasteiger partial charge in [-0.25, -0.2) is 0 Å². The molecule has 0 radical (unpaired) electrons. The molecule has 0 saturated carbocycles. The van der Waals surface area contributed by atoms with Crippen molar-refractivity contribution in [2.45, 2.75) is 20.8 Å². The summed E-state index contributed by atoms with van der Waals surface area (Å²) in [6.45, 7) is 5.78. The molecule has 0 aliphatic carbocycles. The molecular weight excluding hydrogens is 206 g/mol. The van der Waals surface area contributed by atoms with Crippen molar-refractivity contribution in [1.29, 1.82) is 0 Å². The molecule has 0 aromatic heterocycles. The zero-order valence-corrected chi connectivity index (χ0v) is 9.58. The molecule has 0 heterocycles. The first kappa shape index (κ1) is 13.3. The van der Waals surface area contributed by atoms with E-state index in [-0.39, 0.29) is 0 Å². The molecule has 0 unspecified atom stereocenters. The third-order valence-corrected chi connectivity index (χ3v) is 3.23. The SMILES string of the molecule is CCOP(=O)(/[13CH]=[13C](\[13CH3])[13CH]=[13C]=[N-])OCC. The van der Waals surface area contributed by atoms with Crippen molar-refractivity contribution >= 4 is 13.5 Å². The average molecular weight is 221 g/mol. The summed E-state index contributed by atoms with van der Waals surface area (Å²) < 4.78 is 21.9. The summed E-state index contributed by atoms with van der Waals surface area (Å²) in [5, 5.41) is 8.38. The Balaban J connectivity index is 4.74. The van der Waals surface area contributed by atoms with Gasteiger partial charge in [0.15, 0.2) is 0 Å². The van der Waals surface area contributed by atoms with Crippen LogP contribution in [0.5, 0.6) is 0 Å². The highest BCUT2D eigenvalue weighted by atomic mass is 31.2. The Morgan fingerprint density at radius 1 is 1.43 bits per heavy atom. The van der Waals surface area contributed by atoms with Crippen LogP contribution in [0.25, 0.3) is 5.41 Å². The van der Waals surface area contributed by atoms with Gasteiger partial charge in [-0.05, 0) is 32.4 Å². The molecule has 5 heteroatoms. The normalized spacial score (nSPS) is 12.4. The minimum atomic E-state index is -3.15. The first-order valence-corrected chi connectivity index (χ1v) is 6.00. The molecule has 0 amide bonds. The predicted molar refractivity (Wildman–Crippen MR) is 57.6 cm³/mol. The van der Waals surface area contributed by atoms with E-state index in [2.05, 4.69) is 0 Å². The molecule has 0 aliphatic heterocycles. The molecule has 0 atom stereocenters. The fraction of sp³-hybridized carbons (Fsp3) is 0.556. The third kappa shape index (κ3) is 5.15. The van der Waals surface area contributed by atoms with Gasteiger partial charge in [-0.3, -0.25) is 10.4 Å². The monoisotopic (exact) mass is 221 g/mol. The van der Waals surface area contributed by atoms with Crippen LogP contribution >= 0.6 is 7.60 Å². The summed E-state index contributed by atoms with van der Waals surface area (Å²) in [5.41, 5.74) is 0.581. The van der Waals surface area contributed by atoms with Crippen molar-refractivity contribution in [1.82, 2.24) is 0 Å². The number of hydrogen-bond donors (Lipinski definition) is 0. The minimum Gasteiger partial charge on any atom is -0.763 e. The summed E-state index contributed by atoms with van der Waals surface area (Å²) in [6, 6.07) is 0. The lowest BCUT2D eigenvalue weighted by Crippen LogP contribution is -1.93. The van der Waals surface area contributed by atoms with Crippen molar-refractivity contribution in [3.63, 3.8) is 0 Å². The van der Waals surface area contributed by atoms with Gasteiger partial charge in [-0.1, -0.05) is 0 Å². The van der Waals surface area contributed by atoms with Crippen LogP contribution in [-0.2, 0) is 13.6 Å². The summed E-state index contributed by atoms with van der Waals surface area (Å²) >= 11 is 0. The molecule has 80 valence electrons. The Morgan fingerprint density at radius 3 is 2.29 bits per heavy atom. The Bertz CT molecular complexity index is 282. The van der Waals surface area contributed by atoms with E-state index in [1.807, 2.05) is 5.87 Å². The van der Waals surface area contributed by atoms with E-state index in [4.69, 9.17) is 14.5 Å². The highest BCUT2D eigenvalue weighted by Gasteiger charge is 2.19. The van der Waals surface area contributed by atoms with Crippen molar-refractivity contribution in [3.8, 4) is 0 Å². The lowest BCUT2D eigenvalue weighted by Gasteiger charge is -2.13. The topological polar surface area (TPSA) is 57.8 Å². The molecule has 4 nitrogen and oxygen atoms in total. The molecule has 0 aromatic carbocycles. The van der Waals surface area contributed by atoms with Crippen molar-refractivity contribution in [2.75, 3.05) is 13.2 Å². The second kappa shape index (κ2) is 6.74. The number of nitrogens with zero attached hydrogens (tertiary/aromatic N) is 1. The van der Waals surface area contributed by atoms with E-state index in [0.717, 1.165) is 0 Å². The summed E-state index contributed by atoms with van der Waals surface area (Å²) in [5.74, 6) is 3.21. The van der Waals surface area contributed by atoms with Gasteiger partial charge in [0.05, 0.1) is 13.2 Å². The van der Waals surface area contributed by atoms with Crippen molar-refractivity contribution in [2.24, 2.45) is 0 Å². The van der Waals surface area contributed by atoms with E-state index < -0.39 is 7.60 Å². The van der Waals surface area contributed by atoms with Gasteiger partial charge >= 0.3 is 7.60 Å². The molecule has 0 spiro atoms. The predicted octanol–water partition coefficient (Wildman–Crippen LogP) is 2.95. The summed E-state index contributed by atoms with van der Waals surface area (Å²) in [7, 11) is -3.15. The van der Waals surface area contributed by atoms with Gasteiger partial charge in [0, 0.05) is 5.82 Å². The molecule has 0 rings (SSSR count). The molecule has 0 N–H and O–H groups in total. The Hall–Kier alpha value is -0.660. The van der Waals surface area contributed by atoms with Crippen LogP contribution in [0.4, 0.5) is 0 Å². The van der Waals surface area contributed by atoms with Crippen LogP contribution in [0, 0.1) is 0 Å². The number of rotatable bonds is 6. The second-order valence-corrected chi connectivity index (χ2v) is 4.38. The fourth-order valence-electron chi connectivity index (χ4n) is 0.860. The van der Waals surface area contributed by atoms with E-state index in [0.29, 0.717) is 18.8 Å². The number of hydrogen-bond acceptors (Lipinski definition) is 3. The van der Waals surface area contributed by atoms with E-state index >= 15 is 0 Å². The molecule has 0 fully saturated rings. The zero-order valence-electron chi connectivity index (χ0n) is 8.69. The molecular formula is C9H15NO3P-. The Labute approximate surface area is 84.7 Å². The smallest absolute Gasteiger partial charge is 0.354 e. The van der Waals surface area contributed by atoms with Gasteiger partial charge in [0.1, 0.15) is 0 Å². The standard InChI is InChI=1S/C9H15NO3P/c1-4-12-14(11,13-5-2)8-9(3)6-7-10/h6,8H,4-5H2,1-3H3/q-1/b9-8+/i3+1,6+1,7+1,8+1,9+1. The largest absolute Gasteiger partial charge is 0.763 e.